The molecule has 3 rings (SSSR count). The predicted octanol–water partition coefficient (Wildman–Crippen LogP) is 4.18. The lowest BCUT2D eigenvalue weighted by molar-refractivity contribution is -0.120. The predicted molar refractivity (Wildman–Crippen MR) is 96.9 cm³/mol. The number of carbonyl (C=O) groups excluding carboxylic acids is 2. The summed E-state index contributed by atoms with van der Waals surface area (Å²) in [6.45, 7) is 1.91. The van der Waals surface area contributed by atoms with Crippen LogP contribution in [0.15, 0.2) is 53.4 Å². The molecule has 0 spiro atoms. The van der Waals surface area contributed by atoms with Gasteiger partial charge < -0.3 is 0 Å². The molecule has 2 aromatic rings. The van der Waals surface area contributed by atoms with Gasteiger partial charge in [0, 0.05) is 11.1 Å². The maximum Gasteiger partial charge on any atom is 0.273 e. The minimum atomic E-state index is -0.529. The number of thioether (sulfide) groups is 1. The molecule has 1 fully saturated rings. The van der Waals surface area contributed by atoms with Crippen LogP contribution in [0.25, 0.3) is 6.08 Å². The number of nitrogens with zero attached hydrogens (tertiary/aromatic N) is 1. The maximum atomic E-state index is 13.7. The van der Waals surface area contributed by atoms with E-state index in [0.29, 0.717) is 5.56 Å². The number of thiocarbonyl (C=S) groups is 1. The van der Waals surface area contributed by atoms with E-state index in [1.807, 2.05) is 6.92 Å². The van der Waals surface area contributed by atoms with E-state index < -0.39 is 17.6 Å². The van der Waals surface area contributed by atoms with Gasteiger partial charge in [0.05, 0.1) is 4.91 Å². The third-order valence-electron chi connectivity index (χ3n) is 3.49. The van der Waals surface area contributed by atoms with Gasteiger partial charge in [0.2, 0.25) is 0 Å². The molecule has 1 aliphatic rings. The van der Waals surface area contributed by atoms with Crippen LogP contribution >= 0.6 is 24.0 Å². The Hall–Kier alpha value is -2.31. The molecule has 0 N–H and O–H groups in total. The van der Waals surface area contributed by atoms with Crippen molar-refractivity contribution in [2.75, 3.05) is 0 Å². The van der Waals surface area contributed by atoms with Crippen LogP contribution in [-0.2, 0) is 4.79 Å². The van der Waals surface area contributed by atoms with Crippen LogP contribution in [0.3, 0.4) is 0 Å². The number of hydrogen-bond donors (Lipinski definition) is 0. The Labute approximate surface area is 148 Å². The molecular formula is C18H12FNO2S2. The van der Waals surface area contributed by atoms with Crippen molar-refractivity contribution in [3.05, 3.63) is 75.9 Å². The maximum absolute atomic E-state index is 13.7. The summed E-state index contributed by atoms with van der Waals surface area (Å²) < 4.78 is 13.9. The summed E-state index contributed by atoms with van der Waals surface area (Å²) in [5.74, 6) is -1.44. The van der Waals surface area contributed by atoms with Gasteiger partial charge in [0.25, 0.3) is 11.8 Å². The van der Waals surface area contributed by atoms with Crippen molar-refractivity contribution >= 4 is 46.2 Å². The highest BCUT2D eigenvalue weighted by Crippen LogP contribution is 2.33. The molecule has 2 amide bonds. The van der Waals surface area contributed by atoms with Crippen molar-refractivity contribution in [3.8, 4) is 0 Å². The standard InChI is InChI=1S/C18H12FNO2S2/c1-11-6-8-12(9-7-11)16(21)20-17(22)15(24-18(20)23)10-13-4-2-3-5-14(13)19/h2-10H,1H3. The quantitative estimate of drug-likeness (QED) is 0.459. The summed E-state index contributed by atoms with van der Waals surface area (Å²) in [4.78, 5) is 26.2. The Balaban J connectivity index is 1.91. The van der Waals surface area contributed by atoms with Gasteiger partial charge in [-0.2, -0.15) is 0 Å². The van der Waals surface area contributed by atoms with E-state index in [1.54, 1.807) is 42.5 Å². The number of carbonyl (C=O) groups is 2. The number of aryl methyl sites for hydroxylation is 1. The number of rotatable bonds is 2. The Morgan fingerprint density at radius 1 is 1.17 bits per heavy atom. The Morgan fingerprint density at radius 2 is 1.83 bits per heavy atom. The number of benzene rings is 2. The Morgan fingerprint density at radius 3 is 2.50 bits per heavy atom. The van der Waals surface area contributed by atoms with Crippen LogP contribution in [0, 0.1) is 12.7 Å². The van der Waals surface area contributed by atoms with Gasteiger partial charge in [-0.1, -0.05) is 59.9 Å². The monoisotopic (exact) mass is 357 g/mol. The highest BCUT2D eigenvalue weighted by Gasteiger charge is 2.37. The van der Waals surface area contributed by atoms with Gasteiger partial charge in [-0.05, 0) is 31.2 Å². The summed E-state index contributed by atoms with van der Waals surface area (Å²) in [6, 6.07) is 13.0. The van der Waals surface area contributed by atoms with E-state index in [9.17, 15) is 14.0 Å². The van der Waals surface area contributed by atoms with E-state index in [2.05, 4.69) is 0 Å². The fourth-order valence-corrected chi connectivity index (χ4v) is 3.45. The third-order valence-corrected chi connectivity index (χ3v) is 4.79. The van der Waals surface area contributed by atoms with E-state index in [1.165, 1.54) is 12.1 Å². The number of halogens is 1. The van der Waals surface area contributed by atoms with Crippen LogP contribution < -0.4 is 0 Å². The first kappa shape index (κ1) is 16.5. The lowest BCUT2D eigenvalue weighted by Crippen LogP contribution is -2.34. The fourth-order valence-electron chi connectivity index (χ4n) is 2.20. The fraction of sp³-hybridized carbons (Fsp3) is 0.0556. The second kappa shape index (κ2) is 6.67. The zero-order valence-corrected chi connectivity index (χ0v) is 14.3. The first-order chi connectivity index (χ1) is 11.5. The molecule has 0 radical (unpaired) electrons. The summed E-state index contributed by atoms with van der Waals surface area (Å²) in [5.41, 5.74) is 1.67. The van der Waals surface area contributed by atoms with E-state index >= 15 is 0 Å². The smallest absolute Gasteiger partial charge is 0.268 e. The van der Waals surface area contributed by atoms with E-state index in [4.69, 9.17) is 12.2 Å². The number of imide groups is 1. The van der Waals surface area contributed by atoms with Crippen molar-refractivity contribution in [3.63, 3.8) is 0 Å². The molecule has 3 nitrogen and oxygen atoms in total. The zero-order valence-electron chi connectivity index (χ0n) is 12.7. The SMILES string of the molecule is Cc1ccc(C(=O)N2C(=O)C(=Cc3ccccc3F)SC2=S)cc1. The topological polar surface area (TPSA) is 37.4 Å². The average molecular weight is 357 g/mol. The van der Waals surface area contributed by atoms with E-state index in [-0.39, 0.29) is 14.8 Å². The molecule has 120 valence electrons. The third kappa shape index (κ3) is 3.16. The van der Waals surface area contributed by atoms with Gasteiger partial charge in [0.15, 0.2) is 4.32 Å². The molecule has 0 aliphatic carbocycles. The van der Waals surface area contributed by atoms with Crippen molar-refractivity contribution in [2.45, 2.75) is 6.92 Å². The summed E-state index contributed by atoms with van der Waals surface area (Å²) in [6.07, 6.45) is 1.41. The molecule has 0 aromatic heterocycles. The number of amides is 2. The first-order valence-electron chi connectivity index (χ1n) is 7.11. The van der Waals surface area contributed by atoms with Crippen molar-refractivity contribution in [2.24, 2.45) is 0 Å². The molecule has 1 aliphatic heterocycles. The zero-order chi connectivity index (χ0) is 17.3. The van der Waals surface area contributed by atoms with Gasteiger partial charge >= 0.3 is 0 Å². The molecule has 0 bridgehead atoms. The summed E-state index contributed by atoms with van der Waals surface area (Å²) >= 11 is 6.15. The second-order valence-electron chi connectivity index (χ2n) is 5.21. The van der Waals surface area contributed by atoms with Crippen LogP contribution in [0.5, 0.6) is 0 Å². The Kier molecular flexibility index (Phi) is 4.59. The summed E-state index contributed by atoms with van der Waals surface area (Å²) in [5, 5.41) is 0. The molecular weight excluding hydrogens is 345 g/mol. The summed E-state index contributed by atoms with van der Waals surface area (Å²) in [7, 11) is 0. The first-order valence-corrected chi connectivity index (χ1v) is 8.33. The molecule has 1 saturated heterocycles. The van der Waals surface area contributed by atoms with Gasteiger partial charge in [-0.3, -0.25) is 9.59 Å². The minimum Gasteiger partial charge on any atom is -0.268 e. The molecule has 0 unspecified atom stereocenters. The minimum absolute atomic E-state index is 0.146. The lowest BCUT2D eigenvalue weighted by atomic mass is 10.1. The van der Waals surface area contributed by atoms with E-state index in [0.717, 1.165) is 22.2 Å². The largest absolute Gasteiger partial charge is 0.273 e. The van der Waals surface area contributed by atoms with Crippen LogP contribution in [0.1, 0.15) is 21.5 Å². The molecule has 0 saturated carbocycles. The molecule has 0 atom stereocenters. The van der Waals surface area contributed by atoms with Gasteiger partial charge in [-0.15, -0.1) is 0 Å². The van der Waals surface area contributed by atoms with Crippen LogP contribution in [0.4, 0.5) is 4.39 Å². The van der Waals surface area contributed by atoms with Gasteiger partial charge in [-0.25, -0.2) is 9.29 Å². The highest BCUT2D eigenvalue weighted by molar-refractivity contribution is 8.26. The molecule has 1 heterocycles. The van der Waals surface area contributed by atoms with Gasteiger partial charge in [0.1, 0.15) is 5.82 Å². The van der Waals surface area contributed by atoms with Crippen LogP contribution in [-0.4, -0.2) is 21.0 Å². The lowest BCUT2D eigenvalue weighted by Gasteiger charge is -2.12. The van der Waals surface area contributed by atoms with Crippen molar-refractivity contribution in [1.29, 1.82) is 0 Å². The van der Waals surface area contributed by atoms with Crippen LogP contribution in [0.2, 0.25) is 0 Å². The molecule has 24 heavy (non-hydrogen) atoms. The normalized spacial score (nSPS) is 16.1. The Bertz CT molecular complexity index is 875. The second-order valence-corrected chi connectivity index (χ2v) is 6.89. The highest BCUT2D eigenvalue weighted by atomic mass is 32.2. The molecule has 6 heteroatoms. The van der Waals surface area contributed by atoms with Crippen molar-refractivity contribution < 1.29 is 14.0 Å². The molecule has 2 aromatic carbocycles. The number of hydrogen-bond acceptors (Lipinski definition) is 4. The van der Waals surface area contributed by atoms with Crippen molar-refractivity contribution in [1.82, 2.24) is 4.90 Å². The average Bonchev–Trinajstić information content (AvgIpc) is 2.84.